The van der Waals surface area contributed by atoms with E-state index < -0.39 is 0 Å². The van der Waals surface area contributed by atoms with Gasteiger partial charge in [0.05, 0.1) is 5.69 Å². The summed E-state index contributed by atoms with van der Waals surface area (Å²) < 4.78 is 14.0. The van der Waals surface area contributed by atoms with Gasteiger partial charge in [-0.25, -0.2) is 9.37 Å². The third kappa shape index (κ3) is 4.46. The van der Waals surface area contributed by atoms with Crippen molar-refractivity contribution in [2.24, 2.45) is 0 Å². The molecule has 0 bridgehead atoms. The van der Waals surface area contributed by atoms with Gasteiger partial charge in [0.25, 0.3) is 5.91 Å². The van der Waals surface area contributed by atoms with Crippen molar-refractivity contribution < 1.29 is 9.18 Å². The highest BCUT2D eigenvalue weighted by atomic mass is 32.1. The summed E-state index contributed by atoms with van der Waals surface area (Å²) in [5, 5.41) is 2.69. The number of hydrogen-bond acceptors (Lipinski definition) is 5. The molecule has 0 atom stereocenters. The van der Waals surface area contributed by atoms with Crippen LogP contribution in [0.4, 0.5) is 15.2 Å². The lowest BCUT2D eigenvalue weighted by Gasteiger charge is -2.36. The van der Waals surface area contributed by atoms with Crippen molar-refractivity contribution in [3.05, 3.63) is 77.1 Å². The first-order chi connectivity index (χ1) is 14.7. The molecule has 0 unspecified atom stereocenters. The van der Waals surface area contributed by atoms with Gasteiger partial charge in [-0.3, -0.25) is 4.79 Å². The highest BCUT2D eigenvalue weighted by Crippen LogP contribution is 2.26. The number of amides is 1. The molecule has 1 aliphatic rings. The Hall–Kier alpha value is -2.93. The van der Waals surface area contributed by atoms with Crippen LogP contribution in [0.5, 0.6) is 0 Å². The normalized spacial score (nSPS) is 14.1. The summed E-state index contributed by atoms with van der Waals surface area (Å²) in [7, 11) is 0. The van der Waals surface area contributed by atoms with Gasteiger partial charge in [-0.05, 0) is 24.6 Å². The van der Waals surface area contributed by atoms with E-state index in [4.69, 9.17) is 0 Å². The van der Waals surface area contributed by atoms with Crippen LogP contribution < -0.4 is 9.80 Å². The highest BCUT2D eigenvalue weighted by Gasteiger charge is 2.23. The summed E-state index contributed by atoms with van der Waals surface area (Å²) in [5.74, 6) is -0.236. The quantitative estimate of drug-likeness (QED) is 0.592. The minimum Gasteiger partial charge on any atom is -0.366 e. The number of benzene rings is 2. The Bertz CT molecular complexity index is 986. The Labute approximate surface area is 180 Å². The standard InChI is InChI=1S/C23H25FN4OS/c1-2-26(16-18-8-4-3-5-9-18)22(29)20-17-30-23(25-20)28-14-12-27(13-15-28)21-11-7-6-10-19(21)24/h3-11,17H,2,12-16H2,1H3. The largest absolute Gasteiger partial charge is 0.366 e. The highest BCUT2D eigenvalue weighted by molar-refractivity contribution is 7.13. The first-order valence-corrected chi connectivity index (χ1v) is 11.1. The third-order valence-corrected chi connectivity index (χ3v) is 6.24. The van der Waals surface area contributed by atoms with E-state index in [0.29, 0.717) is 24.5 Å². The predicted octanol–water partition coefficient (Wildman–Crippen LogP) is 4.27. The number of halogens is 1. The minimum absolute atomic E-state index is 0.0474. The lowest BCUT2D eigenvalue weighted by atomic mass is 10.2. The second-order valence-electron chi connectivity index (χ2n) is 7.25. The number of para-hydroxylation sites is 1. The van der Waals surface area contributed by atoms with E-state index in [9.17, 15) is 9.18 Å². The Morgan fingerprint density at radius 3 is 2.40 bits per heavy atom. The first kappa shape index (κ1) is 20.3. The van der Waals surface area contributed by atoms with Gasteiger partial charge >= 0.3 is 0 Å². The number of aromatic nitrogens is 1. The summed E-state index contributed by atoms with van der Waals surface area (Å²) in [6, 6.07) is 16.9. The van der Waals surface area contributed by atoms with Crippen molar-refractivity contribution in [2.75, 3.05) is 42.5 Å². The molecule has 7 heteroatoms. The monoisotopic (exact) mass is 424 g/mol. The molecule has 0 aliphatic carbocycles. The van der Waals surface area contributed by atoms with Gasteiger partial charge in [-0.1, -0.05) is 42.5 Å². The number of carbonyl (C=O) groups is 1. The van der Waals surface area contributed by atoms with Crippen LogP contribution in [0.2, 0.25) is 0 Å². The summed E-state index contributed by atoms with van der Waals surface area (Å²) in [5.41, 5.74) is 2.24. The maximum atomic E-state index is 14.0. The van der Waals surface area contributed by atoms with Crippen LogP contribution in [0, 0.1) is 5.82 Å². The maximum Gasteiger partial charge on any atom is 0.273 e. The van der Waals surface area contributed by atoms with Crippen LogP contribution in [-0.4, -0.2) is 48.5 Å². The van der Waals surface area contributed by atoms with E-state index in [2.05, 4.69) is 14.8 Å². The molecule has 1 aliphatic heterocycles. The molecule has 1 saturated heterocycles. The van der Waals surface area contributed by atoms with Crippen LogP contribution >= 0.6 is 11.3 Å². The molecule has 0 radical (unpaired) electrons. The van der Waals surface area contributed by atoms with Gasteiger partial charge in [0, 0.05) is 44.6 Å². The number of thiazole rings is 1. The molecule has 0 saturated carbocycles. The molecule has 30 heavy (non-hydrogen) atoms. The molecule has 2 heterocycles. The molecule has 2 aromatic carbocycles. The van der Waals surface area contributed by atoms with Crippen molar-refractivity contribution in [3.63, 3.8) is 0 Å². The Kier molecular flexibility index (Phi) is 6.28. The van der Waals surface area contributed by atoms with Crippen molar-refractivity contribution in [3.8, 4) is 0 Å². The Morgan fingerprint density at radius 2 is 1.70 bits per heavy atom. The van der Waals surface area contributed by atoms with E-state index in [1.165, 1.54) is 17.4 Å². The fourth-order valence-electron chi connectivity index (χ4n) is 3.65. The summed E-state index contributed by atoms with van der Waals surface area (Å²) in [6.45, 7) is 6.12. The van der Waals surface area contributed by atoms with E-state index in [1.807, 2.05) is 59.7 Å². The van der Waals surface area contributed by atoms with Crippen LogP contribution in [-0.2, 0) is 6.54 Å². The first-order valence-electron chi connectivity index (χ1n) is 10.2. The molecular formula is C23H25FN4OS. The van der Waals surface area contributed by atoms with E-state index in [1.54, 1.807) is 6.07 Å². The number of piperazine rings is 1. The van der Waals surface area contributed by atoms with Gasteiger partial charge in [0.15, 0.2) is 5.13 Å². The second kappa shape index (κ2) is 9.26. The van der Waals surface area contributed by atoms with Gasteiger partial charge in [0.1, 0.15) is 11.5 Å². The molecule has 1 aromatic heterocycles. The van der Waals surface area contributed by atoms with Crippen molar-refractivity contribution >= 4 is 28.1 Å². The predicted molar refractivity (Wildman–Crippen MR) is 120 cm³/mol. The molecule has 4 rings (SSSR count). The zero-order valence-electron chi connectivity index (χ0n) is 17.0. The van der Waals surface area contributed by atoms with Gasteiger partial charge in [-0.15, -0.1) is 11.3 Å². The van der Waals surface area contributed by atoms with Gasteiger partial charge in [-0.2, -0.15) is 0 Å². The zero-order chi connectivity index (χ0) is 20.9. The van der Waals surface area contributed by atoms with Crippen molar-refractivity contribution in [1.82, 2.24) is 9.88 Å². The minimum atomic E-state index is -0.189. The number of rotatable bonds is 6. The van der Waals surface area contributed by atoms with Gasteiger partial charge < -0.3 is 14.7 Å². The molecular weight excluding hydrogens is 399 g/mol. The van der Waals surface area contributed by atoms with Gasteiger partial charge in [0.2, 0.25) is 0 Å². The van der Waals surface area contributed by atoms with Crippen molar-refractivity contribution in [1.29, 1.82) is 0 Å². The SMILES string of the molecule is CCN(Cc1ccccc1)C(=O)c1csc(N2CCN(c3ccccc3F)CC2)n1. The maximum absolute atomic E-state index is 14.0. The van der Waals surface area contributed by atoms with Crippen molar-refractivity contribution in [2.45, 2.75) is 13.5 Å². The third-order valence-electron chi connectivity index (χ3n) is 5.34. The second-order valence-corrected chi connectivity index (χ2v) is 8.08. The molecule has 5 nitrogen and oxygen atoms in total. The Balaban J connectivity index is 1.39. The van der Waals surface area contributed by atoms with Crippen LogP contribution in [0.25, 0.3) is 0 Å². The van der Waals surface area contributed by atoms with E-state index in [-0.39, 0.29) is 11.7 Å². The van der Waals surface area contributed by atoms with E-state index >= 15 is 0 Å². The summed E-state index contributed by atoms with van der Waals surface area (Å²) in [4.78, 5) is 23.6. The zero-order valence-corrected chi connectivity index (χ0v) is 17.8. The van der Waals surface area contributed by atoms with Crippen LogP contribution in [0.1, 0.15) is 23.0 Å². The average molecular weight is 425 g/mol. The lowest BCUT2D eigenvalue weighted by molar-refractivity contribution is 0.0747. The average Bonchev–Trinajstić information content (AvgIpc) is 3.28. The van der Waals surface area contributed by atoms with Crippen LogP contribution in [0.15, 0.2) is 60.0 Å². The molecule has 156 valence electrons. The molecule has 1 amide bonds. The molecule has 0 N–H and O–H groups in total. The molecule has 0 spiro atoms. The lowest BCUT2D eigenvalue weighted by Crippen LogP contribution is -2.46. The summed E-state index contributed by atoms with van der Waals surface area (Å²) >= 11 is 1.49. The van der Waals surface area contributed by atoms with Crippen LogP contribution in [0.3, 0.4) is 0 Å². The number of nitrogens with zero attached hydrogens (tertiary/aromatic N) is 4. The number of carbonyl (C=O) groups excluding carboxylic acids is 1. The number of hydrogen-bond donors (Lipinski definition) is 0. The molecule has 1 fully saturated rings. The molecule has 3 aromatic rings. The van der Waals surface area contributed by atoms with E-state index in [0.717, 1.165) is 36.9 Å². The summed E-state index contributed by atoms with van der Waals surface area (Å²) in [6.07, 6.45) is 0. The fraction of sp³-hybridized carbons (Fsp3) is 0.304. The Morgan fingerprint density at radius 1 is 1.03 bits per heavy atom. The smallest absolute Gasteiger partial charge is 0.273 e. The number of anilines is 2. The topological polar surface area (TPSA) is 39.7 Å². The fourth-order valence-corrected chi connectivity index (χ4v) is 4.50.